The van der Waals surface area contributed by atoms with Crippen LogP contribution in [0.1, 0.15) is 27.5 Å². The Morgan fingerprint density at radius 1 is 1.23 bits per heavy atom. The zero-order valence-corrected chi connectivity index (χ0v) is 15.4. The van der Waals surface area contributed by atoms with Gasteiger partial charge in [-0.15, -0.1) is 0 Å². The number of aryl methyl sites for hydroxylation is 1. The lowest BCUT2D eigenvalue weighted by Crippen LogP contribution is -2.43. The summed E-state index contributed by atoms with van der Waals surface area (Å²) in [5.74, 6) is -0.683. The zero-order valence-electron chi connectivity index (χ0n) is 14.7. The standard InChI is InChI=1S/C20H22ClFN2O2/c1-14-2-7-17(22)12-18(14)20(25)23-13-19(24-8-10-26-11-9-24)15-3-5-16(21)6-4-15/h2-7,12,19H,8-11,13H2,1H3,(H,23,25). The third kappa shape index (κ3) is 4.61. The molecule has 1 amide bonds. The van der Waals surface area contributed by atoms with Crippen LogP contribution in [0.25, 0.3) is 0 Å². The fourth-order valence-corrected chi connectivity index (χ4v) is 3.28. The molecule has 0 aliphatic carbocycles. The lowest BCUT2D eigenvalue weighted by Gasteiger charge is -2.35. The van der Waals surface area contributed by atoms with E-state index in [0.717, 1.165) is 24.2 Å². The Kier molecular flexibility index (Phi) is 6.25. The molecule has 1 heterocycles. The van der Waals surface area contributed by atoms with Gasteiger partial charge in [-0.2, -0.15) is 0 Å². The molecule has 1 aliphatic rings. The maximum atomic E-state index is 13.5. The van der Waals surface area contributed by atoms with Crippen molar-refractivity contribution in [1.29, 1.82) is 0 Å². The summed E-state index contributed by atoms with van der Waals surface area (Å²) < 4.78 is 18.9. The Morgan fingerprint density at radius 2 is 1.92 bits per heavy atom. The van der Waals surface area contributed by atoms with Crippen molar-refractivity contribution in [3.05, 3.63) is 70.0 Å². The number of nitrogens with one attached hydrogen (secondary N) is 1. The van der Waals surface area contributed by atoms with Gasteiger partial charge in [-0.05, 0) is 42.3 Å². The molecule has 2 aromatic carbocycles. The number of halogens is 2. The molecule has 0 aromatic heterocycles. The molecule has 1 fully saturated rings. The molecule has 1 atom stereocenters. The van der Waals surface area contributed by atoms with Crippen LogP contribution in [0.5, 0.6) is 0 Å². The molecular formula is C20H22ClFN2O2. The summed E-state index contributed by atoms with van der Waals surface area (Å²) in [5, 5.41) is 3.63. The highest BCUT2D eigenvalue weighted by Crippen LogP contribution is 2.23. The van der Waals surface area contributed by atoms with Crippen molar-refractivity contribution >= 4 is 17.5 Å². The van der Waals surface area contributed by atoms with Crippen molar-refractivity contribution in [2.45, 2.75) is 13.0 Å². The Balaban J connectivity index is 1.75. The van der Waals surface area contributed by atoms with Gasteiger partial charge in [-0.1, -0.05) is 29.8 Å². The lowest BCUT2D eigenvalue weighted by molar-refractivity contribution is 0.0162. The largest absolute Gasteiger partial charge is 0.379 e. The number of ether oxygens (including phenoxy) is 1. The highest BCUT2D eigenvalue weighted by molar-refractivity contribution is 6.30. The van der Waals surface area contributed by atoms with E-state index in [2.05, 4.69) is 10.2 Å². The smallest absolute Gasteiger partial charge is 0.251 e. The lowest BCUT2D eigenvalue weighted by atomic mass is 10.0. The van der Waals surface area contributed by atoms with E-state index in [4.69, 9.17) is 16.3 Å². The summed E-state index contributed by atoms with van der Waals surface area (Å²) in [6, 6.07) is 11.9. The fraction of sp³-hybridized carbons (Fsp3) is 0.350. The number of hydrogen-bond donors (Lipinski definition) is 1. The minimum atomic E-state index is -0.414. The van der Waals surface area contributed by atoms with Gasteiger partial charge in [0.2, 0.25) is 0 Å². The van der Waals surface area contributed by atoms with Gasteiger partial charge in [0, 0.05) is 30.2 Å². The molecular weight excluding hydrogens is 355 g/mol. The maximum absolute atomic E-state index is 13.5. The van der Waals surface area contributed by atoms with Crippen LogP contribution in [0.4, 0.5) is 4.39 Å². The van der Waals surface area contributed by atoms with Crippen molar-refractivity contribution in [1.82, 2.24) is 10.2 Å². The summed E-state index contributed by atoms with van der Waals surface area (Å²) in [7, 11) is 0. The van der Waals surface area contributed by atoms with Crippen LogP contribution < -0.4 is 5.32 Å². The number of morpholine rings is 1. The molecule has 1 unspecified atom stereocenters. The van der Waals surface area contributed by atoms with E-state index in [0.29, 0.717) is 30.3 Å². The first-order valence-electron chi connectivity index (χ1n) is 8.66. The van der Waals surface area contributed by atoms with Crippen LogP contribution in [0.15, 0.2) is 42.5 Å². The van der Waals surface area contributed by atoms with Gasteiger partial charge >= 0.3 is 0 Å². The molecule has 4 nitrogen and oxygen atoms in total. The SMILES string of the molecule is Cc1ccc(F)cc1C(=O)NCC(c1ccc(Cl)cc1)N1CCOCC1. The molecule has 1 aliphatic heterocycles. The van der Waals surface area contributed by atoms with Crippen LogP contribution in [0, 0.1) is 12.7 Å². The first-order valence-corrected chi connectivity index (χ1v) is 9.04. The Bertz CT molecular complexity index is 761. The summed E-state index contributed by atoms with van der Waals surface area (Å²) in [6.07, 6.45) is 0. The minimum absolute atomic E-state index is 0.00832. The van der Waals surface area contributed by atoms with Gasteiger partial charge < -0.3 is 10.1 Å². The van der Waals surface area contributed by atoms with Crippen LogP contribution in [-0.4, -0.2) is 43.7 Å². The monoisotopic (exact) mass is 376 g/mol. The number of carbonyl (C=O) groups is 1. The van der Waals surface area contributed by atoms with Crippen LogP contribution >= 0.6 is 11.6 Å². The van der Waals surface area contributed by atoms with Crippen molar-refractivity contribution in [3.8, 4) is 0 Å². The van der Waals surface area contributed by atoms with E-state index in [1.54, 1.807) is 13.0 Å². The van der Waals surface area contributed by atoms with E-state index < -0.39 is 5.82 Å². The highest BCUT2D eigenvalue weighted by atomic mass is 35.5. The number of carbonyl (C=O) groups excluding carboxylic acids is 1. The molecule has 1 N–H and O–H groups in total. The molecule has 0 bridgehead atoms. The minimum Gasteiger partial charge on any atom is -0.379 e. The third-order valence-corrected chi connectivity index (χ3v) is 4.89. The quantitative estimate of drug-likeness (QED) is 0.867. The van der Waals surface area contributed by atoms with Gasteiger partial charge in [0.05, 0.1) is 19.3 Å². The summed E-state index contributed by atoms with van der Waals surface area (Å²) >= 11 is 6.00. The predicted molar refractivity (Wildman–Crippen MR) is 100 cm³/mol. The molecule has 0 radical (unpaired) electrons. The highest BCUT2D eigenvalue weighted by Gasteiger charge is 2.23. The second-order valence-corrected chi connectivity index (χ2v) is 6.82. The Labute approximate surface area is 157 Å². The Morgan fingerprint density at radius 3 is 2.62 bits per heavy atom. The summed E-state index contributed by atoms with van der Waals surface area (Å²) in [5.41, 5.74) is 2.19. The molecule has 3 rings (SSSR count). The first-order chi connectivity index (χ1) is 12.5. The topological polar surface area (TPSA) is 41.6 Å². The number of hydrogen-bond acceptors (Lipinski definition) is 3. The van der Waals surface area contributed by atoms with Crippen LogP contribution in [-0.2, 0) is 4.74 Å². The molecule has 0 saturated carbocycles. The van der Waals surface area contributed by atoms with Crippen LogP contribution in [0.3, 0.4) is 0 Å². The maximum Gasteiger partial charge on any atom is 0.251 e. The zero-order chi connectivity index (χ0) is 18.5. The molecule has 2 aromatic rings. The second-order valence-electron chi connectivity index (χ2n) is 6.38. The van der Waals surface area contributed by atoms with Crippen molar-refractivity contribution in [2.24, 2.45) is 0 Å². The molecule has 1 saturated heterocycles. The average molecular weight is 377 g/mol. The third-order valence-electron chi connectivity index (χ3n) is 4.64. The summed E-state index contributed by atoms with van der Waals surface area (Å²) in [4.78, 5) is 14.8. The number of rotatable bonds is 5. The number of amides is 1. The molecule has 138 valence electrons. The average Bonchev–Trinajstić information content (AvgIpc) is 2.66. The molecule has 0 spiro atoms. The van der Waals surface area contributed by atoms with Gasteiger partial charge in [-0.3, -0.25) is 9.69 Å². The van der Waals surface area contributed by atoms with Gasteiger partial charge in [-0.25, -0.2) is 4.39 Å². The second kappa shape index (κ2) is 8.62. The molecule has 26 heavy (non-hydrogen) atoms. The fourth-order valence-electron chi connectivity index (χ4n) is 3.16. The van der Waals surface area contributed by atoms with Crippen molar-refractivity contribution in [2.75, 3.05) is 32.8 Å². The van der Waals surface area contributed by atoms with E-state index in [-0.39, 0.29) is 11.9 Å². The van der Waals surface area contributed by atoms with Crippen molar-refractivity contribution in [3.63, 3.8) is 0 Å². The van der Waals surface area contributed by atoms with Crippen LogP contribution in [0.2, 0.25) is 5.02 Å². The van der Waals surface area contributed by atoms with Gasteiger partial charge in [0.1, 0.15) is 5.82 Å². The van der Waals surface area contributed by atoms with E-state index in [9.17, 15) is 9.18 Å². The molecule has 6 heteroatoms. The van der Waals surface area contributed by atoms with Crippen molar-refractivity contribution < 1.29 is 13.9 Å². The van der Waals surface area contributed by atoms with E-state index in [1.165, 1.54) is 12.1 Å². The Hall–Kier alpha value is -1.95. The normalized spacial score (nSPS) is 16.3. The number of benzene rings is 2. The van der Waals surface area contributed by atoms with Gasteiger partial charge in [0.15, 0.2) is 0 Å². The van der Waals surface area contributed by atoms with E-state index in [1.807, 2.05) is 24.3 Å². The summed E-state index contributed by atoms with van der Waals surface area (Å²) in [6.45, 7) is 5.15. The number of nitrogens with zero attached hydrogens (tertiary/aromatic N) is 1. The predicted octanol–water partition coefficient (Wildman–Crippen LogP) is 3.59. The van der Waals surface area contributed by atoms with E-state index >= 15 is 0 Å². The first kappa shape index (κ1) is 18.8. The van der Waals surface area contributed by atoms with Gasteiger partial charge in [0.25, 0.3) is 5.91 Å².